The summed E-state index contributed by atoms with van der Waals surface area (Å²) in [5, 5.41) is 0. The van der Waals surface area contributed by atoms with Gasteiger partial charge in [-0.3, -0.25) is 0 Å². The van der Waals surface area contributed by atoms with Gasteiger partial charge in [-0.25, -0.2) is 0 Å². The maximum atomic E-state index is 14.2. The topological polar surface area (TPSA) is 12.5 Å². The maximum absolute atomic E-state index is 14.2. The lowest BCUT2D eigenvalue weighted by atomic mass is 9.90. The number of para-hydroxylation sites is 1. The van der Waals surface area contributed by atoms with Gasteiger partial charge in [0.1, 0.15) is 0 Å². The lowest BCUT2D eigenvalue weighted by molar-refractivity contribution is -0.440. The molecule has 0 saturated heterocycles. The van der Waals surface area contributed by atoms with Crippen molar-refractivity contribution in [1.82, 2.24) is 0 Å². The zero-order valence-corrected chi connectivity index (χ0v) is 16.4. The number of hydrogen-bond donors (Lipinski definition) is 0. The van der Waals surface area contributed by atoms with Crippen molar-refractivity contribution < 1.29 is 61.8 Å². The quantitative estimate of drug-likeness (QED) is 0.358. The number of halogens is 13. The highest BCUT2D eigenvalue weighted by Crippen LogP contribution is 2.61. The number of ether oxygens (including phenoxy) is 1. The molecular weight excluding hydrogens is 481 g/mol. The molecule has 15 heteroatoms. The van der Waals surface area contributed by atoms with Gasteiger partial charge >= 0.3 is 35.8 Å². The summed E-state index contributed by atoms with van der Waals surface area (Å²) < 4.78 is 177. The predicted molar refractivity (Wildman–Crippen MR) is 85.9 cm³/mol. The normalized spacial score (nSPS) is 15.6. The number of nitrogens with zero attached hydrogens (tertiary/aromatic N) is 1. The van der Waals surface area contributed by atoms with E-state index in [1.165, 1.54) is 37.2 Å². The van der Waals surface area contributed by atoms with Gasteiger partial charge in [0.15, 0.2) is 0 Å². The van der Waals surface area contributed by atoms with Crippen LogP contribution in [0.4, 0.5) is 62.8 Å². The molecular formula is C17H16F13NO. The van der Waals surface area contributed by atoms with Crippen LogP contribution in [0, 0.1) is 0 Å². The highest BCUT2D eigenvalue weighted by atomic mass is 19.4. The van der Waals surface area contributed by atoms with Crippen LogP contribution in [0.15, 0.2) is 24.3 Å². The Bertz CT molecular complexity index is 789. The van der Waals surface area contributed by atoms with Crippen molar-refractivity contribution in [1.29, 1.82) is 0 Å². The highest BCUT2D eigenvalue weighted by Gasteiger charge is 2.90. The number of alkyl halides is 13. The molecule has 1 aromatic carbocycles. The molecule has 1 rings (SSSR count). The Morgan fingerprint density at radius 3 is 1.56 bits per heavy atom. The third-order valence-electron chi connectivity index (χ3n) is 4.49. The molecule has 0 aromatic heterocycles. The first-order chi connectivity index (χ1) is 14.1. The lowest BCUT2D eigenvalue weighted by Gasteiger charge is -2.40. The van der Waals surface area contributed by atoms with E-state index in [2.05, 4.69) is 4.74 Å². The Kier molecular flexibility index (Phi) is 7.42. The molecule has 32 heavy (non-hydrogen) atoms. The van der Waals surface area contributed by atoms with E-state index in [1.807, 2.05) is 0 Å². The van der Waals surface area contributed by atoms with E-state index in [4.69, 9.17) is 0 Å². The molecule has 0 radical (unpaired) electrons. The first kappa shape index (κ1) is 28.1. The molecule has 0 bridgehead atoms. The molecule has 0 N–H and O–H groups in total. The second-order valence-electron chi connectivity index (χ2n) is 6.88. The van der Waals surface area contributed by atoms with Gasteiger partial charge in [-0.15, -0.1) is 0 Å². The van der Waals surface area contributed by atoms with Crippen LogP contribution in [0.3, 0.4) is 0 Å². The van der Waals surface area contributed by atoms with Crippen molar-refractivity contribution in [2.45, 2.75) is 48.3 Å². The zero-order valence-electron chi connectivity index (χ0n) is 16.4. The highest BCUT2D eigenvalue weighted by molar-refractivity contribution is 5.53. The first-order valence-electron chi connectivity index (χ1n) is 8.35. The van der Waals surface area contributed by atoms with Crippen LogP contribution in [-0.4, -0.2) is 57.0 Å². The van der Waals surface area contributed by atoms with Crippen LogP contribution >= 0.6 is 0 Å². The fourth-order valence-corrected chi connectivity index (χ4v) is 2.65. The number of rotatable bonds is 9. The minimum atomic E-state index is -7.92. The van der Waals surface area contributed by atoms with Crippen LogP contribution in [0.25, 0.3) is 0 Å². The molecule has 1 atom stereocenters. The molecule has 0 spiro atoms. The minimum Gasteiger partial charge on any atom is -0.377 e. The number of hydrogen-bond acceptors (Lipinski definition) is 2. The molecule has 0 fully saturated rings. The van der Waals surface area contributed by atoms with Gasteiger partial charge in [-0.2, -0.15) is 57.1 Å². The van der Waals surface area contributed by atoms with Gasteiger partial charge < -0.3 is 9.64 Å². The number of anilines is 1. The summed E-state index contributed by atoms with van der Waals surface area (Å²) in [7, 11) is 3.41. The fraction of sp³-hybridized carbons (Fsp3) is 0.647. The Morgan fingerprint density at radius 2 is 1.16 bits per heavy atom. The van der Waals surface area contributed by atoms with Crippen molar-refractivity contribution in [3.05, 3.63) is 29.8 Å². The second-order valence-corrected chi connectivity index (χ2v) is 6.88. The lowest BCUT2D eigenvalue weighted by Crippen LogP contribution is -2.70. The molecule has 186 valence electrons. The molecule has 0 heterocycles. The summed E-state index contributed by atoms with van der Waals surface area (Å²) in [5.74, 6) is -37.1. The number of benzene rings is 1. The third kappa shape index (κ3) is 4.31. The van der Waals surface area contributed by atoms with Crippen LogP contribution in [-0.2, 0) is 4.74 Å². The van der Waals surface area contributed by atoms with Crippen LogP contribution in [0.1, 0.15) is 18.1 Å². The molecule has 2 nitrogen and oxygen atoms in total. The Hall–Kier alpha value is -1.93. The second kappa shape index (κ2) is 8.45. The largest absolute Gasteiger partial charge is 0.460 e. The zero-order chi connectivity index (χ0) is 25.6. The first-order valence-corrected chi connectivity index (χ1v) is 8.35. The van der Waals surface area contributed by atoms with Crippen LogP contribution in [0.2, 0.25) is 0 Å². The van der Waals surface area contributed by atoms with E-state index in [0.717, 1.165) is 6.07 Å². The van der Waals surface area contributed by atoms with E-state index in [1.54, 1.807) is 0 Å². The molecule has 0 aliphatic carbocycles. The van der Waals surface area contributed by atoms with Crippen molar-refractivity contribution in [2.75, 3.05) is 26.1 Å². The third-order valence-corrected chi connectivity index (χ3v) is 4.49. The van der Waals surface area contributed by atoms with Crippen molar-refractivity contribution in [3.8, 4) is 0 Å². The SMILES string of the molecule is COC(CC(F)(F)C(F)(F)C(F)(F)C(F)(F)C(F)(F)C(F)(F)F)c1ccccc1N(C)C. The maximum Gasteiger partial charge on any atom is 0.460 e. The predicted octanol–water partition coefficient (Wildman–Crippen LogP) is 6.57. The average Bonchev–Trinajstić information content (AvgIpc) is 2.64. The van der Waals surface area contributed by atoms with Crippen molar-refractivity contribution >= 4 is 5.69 Å². The summed E-state index contributed by atoms with van der Waals surface area (Å²) in [6.45, 7) is 0. The molecule has 0 aliphatic heterocycles. The van der Waals surface area contributed by atoms with Gasteiger partial charge in [0.25, 0.3) is 0 Å². The summed E-state index contributed by atoms with van der Waals surface area (Å²) in [4.78, 5) is 1.27. The average molecular weight is 497 g/mol. The molecule has 0 saturated carbocycles. The summed E-state index contributed by atoms with van der Waals surface area (Å²) in [5.41, 5.74) is -0.245. The van der Waals surface area contributed by atoms with Crippen LogP contribution < -0.4 is 4.90 Å². The van der Waals surface area contributed by atoms with E-state index in [-0.39, 0.29) is 11.3 Å². The van der Waals surface area contributed by atoms with E-state index >= 15 is 0 Å². The fourth-order valence-electron chi connectivity index (χ4n) is 2.65. The number of methoxy groups -OCH3 is 1. The van der Waals surface area contributed by atoms with Gasteiger partial charge in [0, 0.05) is 38.9 Å². The summed E-state index contributed by atoms with van der Waals surface area (Å²) in [6, 6.07) is 4.88. The minimum absolute atomic E-state index is 0.0548. The van der Waals surface area contributed by atoms with Crippen molar-refractivity contribution in [3.63, 3.8) is 0 Å². The molecule has 1 unspecified atom stereocenters. The van der Waals surface area contributed by atoms with Crippen molar-refractivity contribution in [2.24, 2.45) is 0 Å². The van der Waals surface area contributed by atoms with E-state index in [0.29, 0.717) is 7.11 Å². The molecule has 0 amide bonds. The monoisotopic (exact) mass is 497 g/mol. The standard InChI is InChI=1S/C17H16F13NO/c1-31(2)10-7-5-4-6-9(10)11(32-3)8-12(18,19)13(20,21)14(22,23)15(24,25)16(26,27)17(28,29)30/h4-7,11H,8H2,1-3H3. The summed E-state index contributed by atoms with van der Waals surface area (Å²) in [6.07, 6.45) is -12.1. The van der Waals surface area contributed by atoms with E-state index < -0.39 is 48.3 Å². The van der Waals surface area contributed by atoms with Gasteiger partial charge in [-0.1, -0.05) is 18.2 Å². The van der Waals surface area contributed by atoms with Gasteiger partial charge in [0.05, 0.1) is 6.10 Å². The smallest absolute Gasteiger partial charge is 0.377 e. The Labute approximate surface area is 172 Å². The summed E-state index contributed by atoms with van der Waals surface area (Å²) >= 11 is 0. The molecule has 0 aliphatic rings. The Morgan fingerprint density at radius 1 is 0.719 bits per heavy atom. The Balaban J connectivity index is 3.48. The van der Waals surface area contributed by atoms with Gasteiger partial charge in [0.2, 0.25) is 0 Å². The van der Waals surface area contributed by atoms with E-state index in [9.17, 15) is 57.1 Å². The van der Waals surface area contributed by atoms with Crippen LogP contribution in [0.5, 0.6) is 0 Å². The molecule has 1 aromatic rings. The van der Waals surface area contributed by atoms with Gasteiger partial charge in [-0.05, 0) is 6.07 Å².